The molecule has 1 aromatic carbocycles. The van der Waals surface area contributed by atoms with Gasteiger partial charge in [-0.25, -0.2) is 0 Å². The van der Waals surface area contributed by atoms with Gasteiger partial charge in [-0.1, -0.05) is 18.2 Å². The Morgan fingerprint density at radius 1 is 1.39 bits per heavy atom. The van der Waals surface area contributed by atoms with E-state index >= 15 is 0 Å². The number of hydrogen-bond donors (Lipinski definition) is 2. The van der Waals surface area contributed by atoms with Crippen LogP contribution in [0.4, 0.5) is 0 Å². The number of aliphatic carboxylic acids is 1. The van der Waals surface area contributed by atoms with Gasteiger partial charge in [-0.3, -0.25) is 4.79 Å². The van der Waals surface area contributed by atoms with Crippen molar-refractivity contribution in [1.82, 2.24) is 5.32 Å². The van der Waals surface area contributed by atoms with Gasteiger partial charge in [0.1, 0.15) is 0 Å². The van der Waals surface area contributed by atoms with Gasteiger partial charge in [0.25, 0.3) is 0 Å². The maximum absolute atomic E-state index is 11.5. The first kappa shape index (κ1) is 13.4. The second-order valence-corrected chi connectivity index (χ2v) is 5.95. The molecule has 1 saturated heterocycles. The van der Waals surface area contributed by atoms with Crippen LogP contribution in [0.15, 0.2) is 35.2 Å². The van der Waals surface area contributed by atoms with Crippen molar-refractivity contribution in [2.75, 3.05) is 18.8 Å². The van der Waals surface area contributed by atoms with E-state index in [0.717, 1.165) is 31.6 Å². The molecule has 4 heteroatoms. The molecular formula is C14H19NO2S. The van der Waals surface area contributed by atoms with Gasteiger partial charge in [0.2, 0.25) is 0 Å². The third-order valence-electron chi connectivity index (χ3n) is 3.52. The van der Waals surface area contributed by atoms with Crippen molar-refractivity contribution < 1.29 is 9.90 Å². The van der Waals surface area contributed by atoms with Crippen molar-refractivity contribution in [2.45, 2.75) is 24.2 Å². The van der Waals surface area contributed by atoms with Crippen LogP contribution in [-0.2, 0) is 4.79 Å². The SMILES string of the molecule is O=C(O)C1(CCSc2ccccc2)CCCNC1. The standard InChI is InChI=1S/C14H19NO2S/c16-13(17)14(7-4-9-15-11-14)8-10-18-12-5-2-1-3-6-12/h1-3,5-6,15H,4,7-11H2,(H,16,17). The molecule has 1 atom stereocenters. The first-order chi connectivity index (χ1) is 8.73. The Balaban J connectivity index is 1.88. The van der Waals surface area contributed by atoms with Crippen LogP contribution < -0.4 is 5.32 Å². The van der Waals surface area contributed by atoms with Crippen LogP contribution in [0.1, 0.15) is 19.3 Å². The van der Waals surface area contributed by atoms with Crippen molar-refractivity contribution in [1.29, 1.82) is 0 Å². The van der Waals surface area contributed by atoms with Crippen molar-refractivity contribution in [2.24, 2.45) is 5.41 Å². The normalized spacial score (nSPS) is 23.8. The van der Waals surface area contributed by atoms with Gasteiger partial charge in [0.05, 0.1) is 5.41 Å². The predicted molar refractivity (Wildman–Crippen MR) is 74.0 cm³/mol. The van der Waals surface area contributed by atoms with E-state index < -0.39 is 11.4 Å². The lowest BCUT2D eigenvalue weighted by Crippen LogP contribution is -2.45. The van der Waals surface area contributed by atoms with Crippen molar-refractivity contribution >= 4 is 17.7 Å². The fourth-order valence-electron chi connectivity index (χ4n) is 2.35. The fourth-order valence-corrected chi connectivity index (χ4v) is 3.43. The molecule has 0 aromatic heterocycles. The quantitative estimate of drug-likeness (QED) is 0.804. The molecule has 1 fully saturated rings. The van der Waals surface area contributed by atoms with Crippen LogP contribution in [0, 0.1) is 5.41 Å². The molecule has 0 amide bonds. The molecule has 18 heavy (non-hydrogen) atoms. The Bertz CT molecular complexity index is 388. The monoisotopic (exact) mass is 265 g/mol. The number of hydrogen-bond acceptors (Lipinski definition) is 3. The van der Waals surface area contributed by atoms with E-state index in [2.05, 4.69) is 17.4 Å². The highest BCUT2D eigenvalue weighted by Crippen LogP contribution is 2.33. The van der Waals surface area contributed by atoms with E-state index in [0.29, 0.717) is 6.54 Å². The highest BCUT2D eigenvalue weighted by Gasteiger charge is 2.39. The molecular weight excluding hydrogens is 246 g/mol. The molecule has 0 radical (unpaired) electrons. The van der Waals surface area contributed by atoms with Crippen LogP contribution in [0.2, 0.25) is 0 Å². The van der Waals surface area contributed by atoms with Gasteiger partial charge in [-0.2, -0.15) is 0 Å². The summed E-state index contributed by atoms with van der Waals surface area (Å²) in [6, 6.07) is 10.2. The summed E-state index contributed by atoms with van der Waals surface area (Å²) in [6.07, 6.45) is 2.49. The number of piperidine rings is 1. The summed E-state index contributed by atoms with van der Waals surface area (Å²) < 4.78 is 0. The summed E-state index contributed by atoms with van der Waals surface area (Å²) >= 11 is 1.74. The van der Waals surface area contributed by atoms with Gasteiger partial charge in [0, 0.05) is 11.4 Å². The summed E-state index contributed by atoms with van der Waals surface area (Å²) in [5.74, 6) is 0.209. The number of carboxylic acid groups (broad SMARTS) is 1. The van der Waals surface area contributed by atoms with Gasteiger partial charge >= 0.3 is 5.97 Å². The third kappa shape index (κ3) is 3.27. The smallest absolute Gasteiger partial charge is 0.310 e. The zero-order chi connectivity index (χ0) is 12.8. The molecule has 0 bridgehead atoms. The summed E-state index contributed by atoms with van der Waals surface area (Å²) in [5.41, 5.74) is -0.556. The highest BCUT2D eigenvalue weighted by atomic mass is 32.2. The van der Waals surface area contributed by atoms with E-state index in [-0.39, 0.29) is 0 Å². The highest BCUT2D eigenvalue weighted by molar-refractivity contribution is 7.99. The van der Waals surface area contributed by atoms with Crippen LogP contribution in [0.25, 0.3) is 0 Å². The Labute approximate surface area is 112 Å². The Kier molecular flexibility index (Phi) is 4.66. The molecule has 1 unspecified atom stereocenters. The van der Waals surface area contributed by atoms with Gasteiger partial charge < -0.3 is 10.4 Å². The van der Waals surface area contributed by atoms with E-state index in [9.17, 15) is 9.90 Å². The van der Waals surface area contributed by atoms with Crippen LogP contribution in [0.3, 0.4) is 0 Å². The van der Waals surface area contributed by atoms with Gasteiger partial charge in [-0.15, -0.1) is 11.8 Å². The lowest BCUT2D eigenvalue weighted by atomic mass is 9.78. The van der Waals surface area contributed by atoms with E-state index in [4.69, 9.17) is 0 Å². The first-order valence-corrected chi connectivity index (χ1v) is 7.33. The third-order valence-corrected chi connectivity index (χ3v) is 4.53. The van der Waals surface area contributed by atoms with Crippen molar-refractivity contribution in [3.05, 3.63) is 30.3 Å². The molecule has 0 saturated carbocycles. The molecule has 1 aliphatic rings. The average molecular weight is 265 g/mol. The Morgan fingerprint density at radius 3 is 2.78 bits per heavy atom. The lowest BCUT2D eigenvalue weighted by molar-refractivity contribution is -0.150. The van der Waals surface area contributed by atoms with E-state index in [1.165, 1.54) is 4.90 Å². The maximum Gasteiger partial charge on any atom is 0.310 e. The molecule has 3 nitrogen and oxygen atoms in total. The number of carbonyl (C=O) groups is 1. The Morgan fingerprint density at radius 2 is 2.17 bits per heavy atom. The van der Waals surface area contributed by atoms with Crippen LogP contribution in [0.5, 0.6) is 0 Å². The van der Waals surface area contributed by atoms with E-state index in [1.807, 2.05) is 18.2 Å². The number of rotatable bonds is 5. The first-order valence-electron chi connectivity index (χ1n) is 6.35. The second kappa shape index (κ2) is 6.25. The summed E-state index contributed by atoms with van der Waals surface area (Å²) in [5, 5.41) is 12.7. The topological polar surface area (TPSA) is 49.3 Å². The Hall–Kier alpha value is -1.00. The van der Waals surface area contributed by atoms with Gasteiger partial charge in [0.15, 0.2) is 0 Å². The molecule has 2 N–H and O–H groups in total. The molecule has 1 aromatic rings. The number of nitrogens with one attached hydrogen (secondary N) is 1. The van der Waals surface area contributed by atoms with Crippen LogP contribution in [-0.4, -0.2) is 29.9 Å². The number of benzene rings is 1. The number of thioether (sulfide) groups is 1. The van der Waals surface area contributed by atoms with Crippen LogP contribution >= 0.6 is 11.8 Å². The largest absolute Gasteiger partial charge is 0.481 e. The minimum atomic E-state index is -0.650. The minimum Gasteiger partial charge on any atom is -0.481 e. The number of carboxylic acids is 1. The average Bonchev–Trinajstić information content (AvgIpc) is 2.41. The second-order valence-electron chi connectivity index (χ2n) is 4.78. The van der Waals surface area contributed by atoms with Crippen molar-refractivity contribution in [3.8, 4) is 0 Å². The minimum absolute atomic E-state index is 0.556. The summed E-state index contributed by atoms with van der Waals surface area (Å²) in [6.45, 7) is 1.55. The lowest BCUT2D eigenvalue weighted by Gasteiger charge is -2.33. The summed E-state index contributed by atoms with van der Waals surface area (Å²) in [7, 11) is 0. The molecule has 2 rings (SSSR count). The zero-order valence-electron chi connectivity index (χ0n) is 10.4. The van der Waals surface area contributed by atoms with E-state index in [1.54, 1.807) is 11.8 Å². The molecule has 1 aliphatic heterocycles. The predicted octanol–water partition coefficient (Wildman–Crippen LogP) is 2.62. The summed E-state index contributed by atoms with van der Waals surface area (Å²) in [4.78, 5) is 12.7. The van der Waals surface area contributed by atoms with Crippen molar-refractivity contribution in [3.63, 3.8) is 0 Å². The fraction of sp³-hybridized carbons (Fsp3) is 0.500. The molecule has 98 valence electrons. The van der Waals surface area contributed by atoms with Gasteiger partial charge in [-0.05, 0) is 43.7 Å². The molecule has 0 spiro atoms. The molecule has 1 heterocycles. The zero-order valence-corrected chi connectivity index (χ0v) is 11.2. The molecule has 0 aliphatic carbocycles. The maximum atomic E-state index is 11.5.